The number of carbonyl (C=O) groups is 1. The van der Waals surface area contributed by atoms with Crippen LogP contribution in [-0.2, 0) is 0 Å². The summed E-state index contributed by atoms with van der Waals surface area (Å²) in [5.74, 6) is 1.80. The first-order valence-electron chi connectivity index (χ1n) is 10.6. The van der Waals surface area contributed by atoms with Crippen molar-refractivity contribution in [2.45, 2.75) is 19.4 Å². The van der Waals surface area contributed by atoms with Crippen molar-refractivity contribution >= 4 is 34.0 Å². The zero-order valence-electron chi connectivity index (χ0n) is 18.8. The molecule has 2 aromatic heterocycles. The monoisotopic (exact) mass is 482 g/mol. The Balaban J connectivity index is 1.47. The van der Waals surface area contributed by atoms with Crippen molar-refractivity contribution in [3.63, 3.8) is 0 Å². The van der Waals surface area contributed by atoms with Crippen molar-refractivity contribution < 1.29 is 9.53 Å². The van der Waals surface area contributed by atoms with Crippen LogP contribution in [0.2, 0.25) is 0 Å². The summed E-state index contributed by atoms with van der Waals surface area (Å²) in [6, 6.07) is 7.66. The normalized spacial score (nSPS) is 15.0. The minimum absolute atomic E-state index is 0.0692. The third-order valence-electron chi connectivity index (χ3n) is 5.07. The van der Waals surface area contributed by atoms with Crippen LogP contribution < -0.4 is 4.74 Å². The molecule has 1 amide bonds. The van der Waals surface area contributed by atoms with Crippen LogP contribution in [-0.4, -0.2) is 68.8 Å². The van der Waals surface area contributed by atoms with E-state index in [1.54, 1.807) is 18.6 Å². The lowest BCUT2D eigenvalue weighted by molar-refractivity contribution is 0.207. The van der Waals surface area contributed by atoms with Crippen molar-refractivity contribution in [2.75, 3.05) is 33.0 Å². The summed E-state index contributed by atoms with van der Waals surface area (Å²) in [4.78, 5) is 28.0. The van der Waals surface area contributed by atoms with E-state index in [9.17, 15) is 4.79 Å². The van der Waals surface area contributed by atoms with Gasteiger partial charge in [0.05, 0.1) is 30.8 Å². The largest absolute Gasteiger partial charge is 0.490 e. The number of rotatable bonds is 9. The Morgan fingerprint density at radius 3 is 2.76 bits per heavy atom. The van der Waals surface area contributed by atoms with E-state index in [-0.39, 0.29) is 11.3 Å². The van der Waals surface area contributed by atoms with Gasteiger partial charge < -0.3 is 9.64 Å². The van der Waals surface area contributed by atoms with Crippen LogP contribution in [0.25, 0.3) is 11.4 Å². The number of thioether (sulfide) groups is 1. The number of carbonyl (C=O) groups excluding carboxylic acids is 1. The number of nitrogens with zero attached hydrogens (tertiary/aromatic N) is 6. The molecule has 8 nitrogen and oxygen atoms in total. The van der Waals surface area contributed by atoms with E-state index in [4.69, 9.17) is 4.74 Å². The van der Waals surface area contributed by atoms with Gasteiger partial charge in [-0.25, -0.2) is 20.0 Å². The van der Waals surface area contributed by atoms with Crippen LogP contribution in [0.4, 0.5) is 4.79 Å². The first-order valence-corrected chi connectivity index (χ1v) is 12.5. The average molecular weight is 483 g/mol. The summed E-state index contributed by atoms with van der Waals surface area (Å²) in [5.41, 5.74) is 2.65. The fraction of sp³-hybridized carbons (Fsp3) is 0.348. The minimum atomic E-state index is -0.237. The molecule has 0 N–H and O–H groups in total. The van der Waals surface area contributed by atoms with Gasteiger partial charge in [-0.2, -0.15) is 5.10 Å². The number of ether oxygens (including phenoxy) is 1. The maximum absolute atomic E-state index is 12.6. The van der Waals surface area contributed by atoms with Crippen molar-refractivity contribution in [3.05, 3.63) is 58.8 Å². The van der Waals surface area contributed by atoms with Crippen molar-refractivity contribution in [1.82, 2.24) is 24.9 Å². The number of thiazole rings is 1. The Hall–Kier alpha value is -2.82. The number of benzene rings is 1. The third-order valence-corrected chi connectivity index (χ3v) is 6.74. The van der Waals surface area contributed by atoms with Crippen LogP contribution in [0.3, 0.4) is 0 Å². The minimum Gasteiger partial charge on any atom is -0.490 e. The maximum Gasteiger partial charge on any atom is 0.302 e. The summed E-state index contributed by atoms with van der Waals surface area (Å²) in [6.07, 6.45) is 6.09. The molecule has 0 fully saturated rings. The Kier molecular flexibility index (Phi) is 7.69. The molecule has 1 aliphatic heterocycles. The molecule has 10 heteroatoms. The molecule has 0 bridgehead atoms. The molecule has 0 radical (unpaired) electrons. The van der Waals surface area contributed by atoms with Crippen LogP contribution in [0, 0.1) is 0 Å². The molecule has 1 atom stereocenters. The van der Waals surface area contributed by atoms with Crippen molar-refractivity contribution in [1.29, 1.82) is 0 Å². The summed E-state index contributed by atoms with van der Waals surface area (Å²) >= 11 is 2.78. The highest BCUT2D eigenvalue weighted by atomic mass is 32.2. The molecule has 0 saturated carbocycles. The molecule has 33 heavy (non-hydrogen) atoms. The Morgan fingerprint density at radius 1 is 1.21 bits per heavy atom. The Morgan fingerprint density at radius 2 is 2.03 bits per heavy atom. The molecule has 1 aliphatic rings. The van der Waals surface area contributed by atoms with E-state index < -0.39 is 0 Å². The zero-order chi connectivity index (χ0) is 23.2. The summed E-state index contributed by atoms with van der Waals surface area (Å²) in [7, 11) is 4.08. The topological polar surface area (TPSA) is 83.8 Å². The fourth-order valence-electron chi connectivity index (χ4n) is 3.30. The SMILES string of the molecule is CC(c1cccc(-c2ncc(OCCCN(C)C)cn2)c1)N1N=C(c2nccs2)CSC1=O. The number of hydrazone groups is 1. The van der Waals surface area contributed by atoms with E-state index >= 15 is 0 Å². The lowest BCUT2D eigenvalue weighted by atomic mass is 10.0. The van der Waals surface area contributed by atoms with Gasteiger partial charge in [-0.3, -0.25) is 4.79 Å². The molecule has 0 saturated heterocycles. The van der Waals surface area contributed by atoms with Gasteiger partial charge in [-0.05, 0) is 39.1 Å². The van der Waals surface area contributed by atoms with Gasteiger partial charge in [0.25, 0.3) is 0 Å². The number of aromatic nitrogens is 3. The molecule has 4 rings (SSSR count). The predicted molar refractivity (Wildman–Crippen MR) is 133 cm³/mol. The standard InChI is InChI=1S/C23H26N6O2S2/c1-16(29-23(30)33-15-20(27-29)22-24-8-11-32-22)17-6-4-7-18(12-17)21-25-13-19(14-26-21)31-10-5-9-28(2)3/h4,6-8,11-14,16H,5,9-10,15H2,1-3H3. The summed E-state index contributed by atoms with van der Waals surface area (Å²) in [6.45, 7) is 3.56. The first-order chi connectivity index (χ1) is 16.0. The second kappa shape index (κ2) is 10.9. The summed E-state index contributed by atoms with van der Waals surface area (Å²) in [5, 5.41) is 8.85. The van der Waals surface area contributed by atoms with Crippen molar-refractivity contribution in [3.8, 4) is 17.1 Å². The second-order valence-corrected chi connectivity index (χ2v) is 9.65. The zero-order valence-corrected chi connectivity index (χ0v) is 20.5. The average Bonchev–Trinajstić information content (AvgIpc) is 3.37. The van der Waals surface area contributed by atoms with Crippen LogP contribution in [0.15, 0.2) is 53.3 Å². The maximum atomic E-state index is 12.6. The summed E-state index contributed by atoms with van der Waals surface area (Å²) < 4.78 is 5.72. The van der Waals surface area contributed by atoms with Gasteiger partial charge >= 0.3 is 5.24 Å². The quantitative estimate of drug-likeness (QED) is 0.413. The predicted octanol–water partition coefficient (Wildman–Crippen LogP) is 4.56. The molecule has 0 spiro atoms. The van der Waals surface area contributed by atoms with Gasteiger partial charge in [0, 0.05) is 23.7 Å². The first kappa shape index (κ1) is 23.3. The van der Waals surface area contributed by atoms with E-state index in [1.807, 2.05) is 50.7 Å². The molecule has 1 aromatic carbocycles. The third kappa shape index (κ3) is 5.95. The molecule has 3 aromatic rings. The molecule has 172 valence electrons. The van der Waals surface area contributed by atoms with E-state index in [0.717, 1.165) is 34.8 Å². The molecular weight excluding hydrogens is 456 g/mol. The van der Waals surface area contributed by atoms with Gasteiger partial charge in [-0.15, -0.1) is 11.3 Å². The van der Waals surface area contributed by atoms with Gasteiger partial charge in [0.15, 0.2) is 11.6 Å². The molecular formula is C23H26N6O2S2. The van der Waals surface area contributed by atoms with E-state index in [2.05, 4.69) is 25.0 Å². The van der Waals surface area contributed by atoms with Crippen LogP contribution in [0.5, 0.6) is 5.75 Å². The smallest absolute Gasteiger partial charge is 0.302 e. The van der Waals surface area contributed by atoms with Crippen LogP contribution >= 0.6 is 23.1 Å². The van der Waals surface area contributed by atoms with Crippen LogP contribution in [0.1, 0.15) is 30.0 Å². The highest BCUT2D eigenvalue weighted by molar-refractivity contribution is 8.14. The molecule has 1 unspecified atom stereocenters. The number of hydrogen-bond acceptors (Lipinski definition) is 9. The highest BCUT2D eigenvalue weighted by Crippen LogP contribution is 2.31. The number of hydrogen-bond donors (Lipinski definition) is 0. The Bertz CT molecular complexity index is 1100. The lowest BCUT2D eigenvalue weighted by Gasteiger charge is -2.28. The second-order valence-electron chi connectivity index (χ2n) is 7.83. The molecule has 0 aliphatic carbocycles. The van der Waals surface area contributed by atoms with E-state index in [1.165, 1.54) is 28.1 Å². The number of amides is 1. The Labute approximate surface area is 201 Å². The molecule has 3 heterocycles. The highest BCUT2D eigenvalue weighted by Gasteiger charge is 2.28. The van der Waals surface area contributed by atoms with Crippen molar-refractivity contribution in [2.24, 2.45) is 5.10 Å². The van der Waals surface area contributed by atoms with Gasteiger partial charge in [-0.1, -0.05) is 30.0 Å². The lowest BCUT2D eigenvalue weighted by Crippen LogP contribution is -2.32. The van der Waals surface area contributed by atoms with Gasteiger partial charge in [0.1, 0.15) is 10.7 Å². The van der Waals surface area contributed by atoms with Gasteiger partial charge in [0.2, 0.25) is 0 Å². The van der Waals surface area contributed by atoms with E-state index in [0.29, 0.717) is 23.9 Å². The fourth-order valence-corrected chi connectivity index (χ4v) is 4.80.